The molecule has 9 heteroatoms. The summed E-state index contributed by atoms with van der Waals surface area (Å²) in [5.74, 6) is 1.28. The summed E-state index contributed by atoms with van der Waals surface area (Å²) in [6.45, 7) is 1.97. The number of benzene rings is 2. The molecule has 1 fully saturated rings. The van der Waals surface area contributed by atoms with Crippen LogP contribution >= 0.6 is 0 Å². The highest BCUT2D eigenvalue weighted by Crippen LogP contribution is 2.32. The van der Waals surface area contributed by atoms with Crippen LogP contribution in [0.2, 0.25) is 0 Å². The number of piperidine rings is 1. The molecule has 0 spiro atoms. The maximum atomic E-state index is 13.1. The van der Waals surface area contributed by atoms with Gasteiger partial charge >= 0.3 is 0 Å². The molecule has 31 heavy (non-hydrogen) atoms. The van der Waals surface area contributed by atoms with E-state index in [1.807, 2.05) is 6.07 Å². The monoisotopic (exact) mass is 446 g/mol. The molecule has 2 heterocycles. The lowest BCUT2D eigenvalue weighted by Gasteiger charge is -2.26. The van der Waals surface area contributed by atoms with Gasteiger partial charge in [0.1, 0.15) is 23.9 Å². The Hall–Kier alpha value is -2.78. The van der Waals surface area contributed by atoms with Crippen molar-refractivity contribution in [3.05, 3.63) is 42.0 Å². The zero-order chi connectivity index (χ0) is 21.8. The van der Waals surface area contributed by atoms with E-state index in [2.05, 4.69) is 5.32 Å². The number of nitrogens with one attached hydrogen (secondary N) is 1. The number of carbonyl (C=O) groups is 1. The molecule has 0 atom stereocenters. The Morgan fingerprint density at radius 3 is 2.52 bits per heavy atom. The van der Waals surface area contributed by atoms with Crippen molar-refractivity contribution in [2.75, 3.05) is 38.7 Å². The quantitative estimate of drug-likeness (QED) is 0.733. The first-order valence-corrected chi connectivity index (χ1v) is 11.8. The van der Waals surface area contributed by atoms with Gasteiger partial charge in [-0.1, -0.05) is 12.5 Å². The molecule has 0 radical (unpaired) electrons. The van der Waals surface area contributed by atoms with Gasteiger partial charge in [-0.25, -0.2) is 8.42 Å². The Balaban J connectivity index is 1.51. The summed E-state index contributed by atoms with van der Waals surface area (Å²) in [4.78, 5) is 12.7. The fraction of sp³-hybridized carbons (Fsp3) is 0.409. The largest absolute Gasteiger partial charge is 0.495 e. The second-order valence-electron chi connectivity index (χ2n) is 7.53. The van der Waals surface area contributed by atoms with Crippen LogP contribution in [0.3, 0.4) is 0 Å². The van der Waals surface area contributed by atoms with Gasteiger partial charge in [0.2, 0.25) is 15.9 Å². The highest BCUT2D eigenvalue weighted by Gasteiger charge is 2.29. The smallest absolute Gasteiger partial charge is 0.246 e. The fourth-order valence-corrected chi connectivity index (χ4v) is 5.49. The Kier molecular flexibility index (Phi) is 6.33. The van der Waals surface area contributed by atoms with E-state index in [1.165, 1.54) is 17.5 Å². The Bertz CT molecular complexity index is 1060. The maximum Gasteiger partial charge on any atom is 0.246 e. The lowest BCUT2D eigenvalue weighted by atomic mass is 10.1. The molecule has 2 aromatic carbocycles. The van der Waals surface area contributed by atoms with Crippen LogP contribution < -0.4 is 19.5 Å². The zero-order valence-corrected chi connectivity index (χ0v) is 18.2. The number of carbonyl (C=O) groups excluding carboxylic acids is 1. The van der Waals surface area contributed by atoms with E-state index in [1.54, 1.807) is 24.3 Å². The van der Waals surface area contributed by atoms with E-state index in [0.717, 1.165) is 24.8 Å². The third-order valence-electron chi connectivity index (χ3n) is 5.35. The minimum atomic E-state index is -3.71. The molecule has 2 aromatic rings. The van der Waals surface area contributed by atoms with E-state index >= 15 is 0 Å². The molecule has 1 N–H and O–H groups in total. The number of hydrogen-bond donors (Lipinski definition) is 1. The fourth-order valence-electron chi connectivity index (χ4n) is 3.79. The van der Waals surface area contributed by atoms with E-state index in [-0.39, 0.29) is 23.0 Å². The summed E-state index contributed by atoms with van der Waals surface area (Å²) in [7, 11) is -2.27. The van der Waals surface area contributed by atoms with Crippen LogP contribution in [0.25, 0.3) is 0 Å². The SMILES string of the molecule is COc1ccc(NC(=O)Cc2ccc3c(c2)OCCO3)cc1S(=O)(=O)N1CCCCC1. The van der Waals surface area contributed by atoms with Crippen molar-refractivity contribution in [1.82, 2.24) is 4.31 Å². The standard InChI is InChI=1S/C22H26N2O6S/c1-28-19-8-6-17(15-21(19)31(26,27)24-9-3-2-4-10-24)23-22(25)14-16-5-7-18-20(13-16)30-12-11-29-18/h5-8,13,15H,2-4,9-12,14H2,1H3,(H,23,25). The van der Waals surface area contributed by atoms with Gasteiger partial charge in [-0.3, -0.25) is 4.79 Å². The van der Waals surface area contributed by atoms with Crippen LogP contribution in [0, 0.1) is 0 Å². The molecule has 0 saturated carbocycles. The Morgan fingerprint density at radius 2 is 1.77 bits per heavy atom. The van der Waals surface area contributed by atoms with Crippen molar-refractivity contribution < 1.29 is 27.4 Å². The van der Waals surface area contributed by atoms with Crippen LogP contribution in [0.15, 0.2) is 41.3 Å². The zero-order valence-electron chi connectivity index (χ0n) is 17.4. The Morgan fingerprint density at radius 1 is 1.03 bits per heavy atom. The molecule has 166 valence electrons. The molecule has 8 nitrogen and oxygen atoms in total. The lowest BCUT2D eigenvalue weighted by Crippen LogP contribution is -2.35. The van der Waals surface area contributed by atoms with Gasteiger partial charge in [-0.2, -0.15) is 4.31 Å². The minimum absolute atomic E-state index is 0.0639. The second-order valence-corrected chi connectivity index (χ2v) is 9.44. The third kappa shape index (κ3) is 4.77. The number of amides is 1. The summed E-state index contributed by atoms with van der Waals surface area (Å²) >= 11 is 0. The molecule has 1 amide bonds. The third-order valence-corrected chi connectivity index (χ3v) is 7.27. The molecule has 2 aliphatic rings. The molecule has 0 unspecified atom stereocenters. The van der Waals surface area contributed by atoms with Gasteiger partial charge in [0, 0.05) is 18.8 Å². The number of fused-ring (bicyclic) bond motifs is 1. The molecule has 0 aliphatic carbocycles. The summed E-state index contributed by atoms with van der Waals surface area (Å²) in [6.07, 6.45) is 2.83. The topological polar surface area (TPSA) is 94.2 Å². The number of nitrogens with zero attached hydrogens (tertiary/aromatic N) is 1. The van der Waals surface area contributed by atoms with Crippen molar-refractivity contribution in [2.45, 2.75) is 30.6 Å². The Labute approximate surface area is 182 Å². The van der Waals surface area contributed by atoms with Gasteiger partial charge in [0.15, 0.2) is 11.5 Å². The molecular formula is C22H26N2O6S. The van der Waals surface area contributed by atoms with Crippen molar-refractivity contribution in [3.63, 3.8) is 0 Å². The van der Waals surface area contributed by atoms with Crippen LogP contribution in [0.1, 0.15) is 24.8 Å². The van der Waals surface area contributed by atoms with Gasteiger partial charge in [0.05, 0.1) is 13.5 Å². The normalized spacial score (nSPS) is 16.5. The molecule has 0 aromatic heterocycles. The first-order valence-electron chi connectivity index (χ1n) is 10.3. The first kappa shape index (κ1) is 21.5. The molecule has 2 aliphatic heterocycles. The summed E-state index contributed by atoms with van der Waals surface area (Å²) in [6, 6.07) is 10.0. The molecular weight excluding hydrogens is 420 g/mol. The number of rotatable bonds is 6. The van der Waals surface area contributed by atoms with Gasteiger partial charge < -0.3 is 19.5 Å². The predicted octanol–water partition coefficient (Wildman–Crippen LogP) is 2.82. The maximum absolute atomic E-state index is 13.1. The van der Waals surface area contributed by atoms with Crippen LogP contribution in [-0.4, -0.2) is 52.0 Å². The minimum Gasteiger partial charge on any atom is -0.495 e. The van der Waals surface area contributed by atoms with E-state index in [9.17, 15) is 13.2 Å². The van der Waals surface area contributed by atoms with Gasteiger partial charge in [0.25, 0.3) is 0 Å². The molecule has 0 bridgehead atoms. The lowest BCUT2D eigenvalue weighted by molar-refractivity contribution is -0.115. The second kappa shape index (κ2) is 9.15. The number of hydrogen-bond acceptors (Lipinski definition) is 6. The first-order chi connectivity index (χ1) is 15.0. The number of sulfonamides is 1. The highest BCUT2D eigenvalue weighted by molar-refractivity contribution is 7.89. The number of ether oxygens (including phenoxy) is 3. The van der Waals surface area contributed by atoms with Crippen molar-refractivity contribution in [2.24, 2.45) is 0 Å². The molecule has 4 rings (SSSR count). The summed E-state index contributed by atoms with van der Waals surface area (Å²) < 4.78 is 44.1. The van der Waals surface area contributed by atoms with Gasteiger partial charge in [-0.15, -0.1) is 0 Å². The number of anilines is 1. The highest BCUT2D eigenvalue weighted by atomic mass is 32.2. The number of methoxy groups -OCH3 is 1. The average Bonchev–Trinajstić information content (AvgIpc) is 2.79. The summed E-state index contributed by atoms with van der Waals surface area (Å²) in [5.41, 5.74) is 1.18. The predicted molar refractivity (Wildman–Crippen MR) is 115 cm³/mol. The van der Waals surface area contributed by atoms with Crippen LogP contribution in [0.4, 0.5) is 5.69 Å². The van der Waals surface area contributed by atoms with Crippen molar-refractivity contribution >= 4 is 21.6 Å². The van der Waals surface area contributed by atoms with Crippen LogP contribution in [0.5, 0.6) is 17.2 Å². The summed E-state index contributed by atoms with van der Waals surface area (Å²) in [5, 5.41) is 2.79. The van der Waals surface area contributed by atoms with Crippen LogP contribution in [-0.2, 0) is 21.2 Å². The van der Waals surface area contributed by atoms with E-state index in [4.69, 9.17) is 14.2 Å². The van der Waals surface area contributed by atoms with E-state index < -0.39 is 10.0 Å². The van der Waals surface area contributed by atoms with Crippen molar-refractivity contribution in [3.8, 4) is 17.2 Å². The van der Waals surface area contributed by atoms with Gasteiger partial charge in [-0.05, 0) is 48.7 Å². The molecule has 1 saturated heterocycles. The van der Waals surface area contributed by atoms with E-state index in [0.29, 0.717) is 43.5 Å². The van der Waals surface area contributed by atoms with Crippen molar-refractivity contribution in [1.29, 1.82) is 0 Å². The average molecular weight is 447 g/mol.